The van der Waals surface area contributed by atoms with E-state index in [0.717, 1.165) is 0 Å². The lowest BCUT2D eigenvalue weighted by molar-refractivity contribution is 0.397. The number of phenolic OH excluding ortho intramolecular Hbond substituents is 6. The van der Waals surface area contributed by atoms with Gasteiger partial charge in [-0.1, -0.05) is 18.2 Å². The molecule has 0 aliphatic carbocycles. The molecule has 7 nitrogen and oxygen atoms in total. The van der Waals surface area contributed by atoms with Crippen molar-refractivity contribution in [3.05, 3.63) is 34.8 Å². The summed E-state index contributed by atoms with van der Waals surface area (Å²) in [4.78, 5) is 0. The minimum atomic E-state index is -0.597. The van der Waals surface area contributed by atoms with Crippen LogP contribution in [0.25, 0.3) is 27.5 Å². The Bertz CT molecular complexity index is 1180. The van der Waals surface area contributed by atoms with Crippen molar-refractivity contribution in [1.29, 1.82) is 0 Å². The number of para-hydroxylation sites is 1. The Morgan fingerprint density at radius 1 is 0.667 bits per heavy atom. The first-order valence-corrected chi connectivity index (χ1v) is 8.66. The maximum Gasteiger partial charge on any atom is 0.184 e. The van der Waals surface area contributed by atoms with Crippen LogP contribution in [0.4, 0.5) is 0 Å². The normalized spacial score (nSPS) is 11.4. The van der Waals surface area contributed by atoms with Crippen LogP contribution in [0.15, 0.2) is 34.8 Å². The van der Waals surface area contributed by atoms with Gasteiger partial charge in [0, 0.05) is 5.69 Å². The number of nitrogens with zero attached hydrogens (tertiary/aromatic N) is 1. The van der Waals surface area contributed by atoms with Gasteiger partial charge in [0.1, 0.15) is 29.3 Å². The summed E-state index contributed by atoms with van der Waals surface area (Å²) in [7, 11) is 1.42. The molecule has 4 rings (SSSR count). The predicted octanol–water partition coefficient (Wildman–Crippen LogP) is 2.04. The van der Waals surface area contributed by atoms with Crippen molar-refractivity contribution in [1.82, 2.24) is 4.57 Å². The number of benzene rings is 3. The second-order valence-electron chi connectivity index (χ2n) is 6.15. The Hall–Kier alpha value is -3.20. The van der Waals surface area contributed by atoms with Gasteiger partial charge in [0.25, 0.3) is 0 Å². The molecule has 0 saturated heterocycles. The molecule has 0 bridgehead atoms. The number of halogens is 1. The zero-order chi connectivity index (χ0) is 19.6. The van der Waals surface area contributed by atoms with Crippen LogP contribution in [-0.4, -0.2) is 43.1 Å². The van der Waals surface area contributed by atoms with E-state index in [4.69, 9.17) is 0 Å². The molecule has 0 saturated carbocycles. The summed E-state index contributed by atoms with van der Waals surface area (Å²) in [5.41, 5.74) is 0.549. The first-order valence-electron chi connectivity index (χ1n) is 7.86. The van der Waals surface area contributed by atoms with Crippen molar-refractivity contribution in [2.45, 2.75) is 0 Å². The van der Waals surface area contributed by atoms with E-state index < -0.39 is 28.7 Å². The summed E-state index contributed by atoms with van der Waals surface area (Å²) in [6.45, 7) is 0. The summed E-state index contributed by atoms with van der Waals surface area (Å²) in [5.74, 6) is -3.07. The molecule has 1 aromatic heterocycles. The predicted molar refractivity (Wildman–Crippen MR) is 107 cm³/mol. The highest BCUT2D eigenvalue weighted by atomic mass is 79.9. The van der Waals surface area contributed by atoms with Crippen LogP contribution in [0.2, 0.25) is 0 Å². The lowest BCUT2D eigenvalue weighted by Gasteiger charge is -2.12. The number of aromatic nitrogens is 1. The maximum absolute atomic E-state index is 10.7. The molecule has 6 N–H and O–H groups in total. The van der Waals surface area contributed by atoms with Crippen LogP contribution in [0.3, 0.4) is 0 Å². The smallest absolute Gasteiger partial charge is 0.184 e. The molecule has 0 aliphatic heterocycles. The van der Waals surface area contributed by atoms with E-state index >= 15 is 0 Å². The molecule has 4 aromatic rings. The Labute approximate surface area is 161 Å². The SMILES string of the molecule is Bc1c(O)c(O)c2c3c(O)c(Br)c(O)c(O)c3n(-c3ccccc3)c2c1O. The average Bonchev–Trinajstić information content (AvgIpc) is 3.04. The van der Waals surface area contributed by atoms with Gasteiger partial charge in [-0.3, -0.25) is 0 Å². The third kappa shape index (κ3) is 2.09. The number of hydrogen-bond donors (Lipinski definition) is 6. The third-order valence-electron chi connectivity index (χ3n) is 4.68. The fraction of sp³-hybridized carbons (Fsp3) is 0. The molecule has 136 valence electrons. The number of hydrogen-bond acceptors (Lipinski definition) is 6. The Morgan fingerprint density at radius 3 is 1.85 bits per heavy atom. The fourth-order valence-electron chi connectivity index (χ4n) is 3.34. The summed E-state index contributed by atoms with van der Waals surface area (Å²) in [5, 5.41) is 62.7. The van der Waals surface area contributed by atoms with Crippen molar-refractivity contribution < 1.29 is 30.6 Å². The third-order valence-corrected chi connectivity index (χ3v) is 5.43. The molecule has 3 aromatic carbocycles. The van der Waals surface area contributed by atoms with E-state index in [0.29, 0.717) is 5.69 Å². The second kappa shape index (κ2) is 5.65. The van der Waals surface area contributed by atoms with Crippen LogP contribution >= 0.6 is 15.9 Å². The molecule has 27 heavy (non-hydrogen) atoms. The van der Waals surface area contributed by atoms with Crippen LogP contribution in [-0.2, 0) is 0 Å². The van der Waals surface area contributed by atoms with Crippen molar-refractivity contribution in [2.75, 3.05) is 0 Å². The van der Waals surface area contributed by atoms with E-state index in [1.54, 1.807) is 30.3 Å². The molecule has 0 fully saturated rings. The van der Waals surface area contributed by atoms with E-state index in [1.807, 2.05) is 0 Å². The van der Waals surface area contributed by atoms with Gasteiger partial charge in [-0.2, -0.15) is 0 Å². The molecule has 0 aliphatic rings. The van der Waals surface area contributed by atoms with Crippen molar-refractivity contribution in [3.8, 4) is 40.2 Å². The average molecular weight is 430 g/mol. The standard InChI is InChI=1S/C18H13BBrNO6/c19-9-15(24)11-8(14(23)16(9)25)7-12(18(27)17(26)10(20)13(7)22)21(11)6-4-2-1-3-5-6/h1-5,22-27H,19H2. The summed E-state index contributed by atoms with van der Waals surface area (Å²) < 4.78 is 1.21. The van der Waals surface area contributed by atoms with E-state index in [1.165, 1.54) is 12.4 Å². The van der Waals surface area contributed by atoms with E-state index in [-0.39, 0.29) is 37.5 Å². The Balaban J connectivity index is 2.45. The van der Waals surface area contributed by atoms with Crippen LogP contribution < -0.4 is 5.46 Å². The van der Waals surface area contributed by atoms with E-state index in [9.17, 15) is 30.6 Å². The molecule has 1 heterocycles. The van der Waals surface area contributed by atoms with Crippen molar-refractivity contribution in [3.63, 3.8) is 0 Å². The first-order chi connectivity index (χ1) is 12.8. The Morgan fingerprint density at radius 2 is 1.22 bits per heavy atom. The van der Waals surface area contributed by atoms with Crippen LogP contribution in [0, 0.1) is 0 Å². The lowest BCUT2D eigenvalue weighted by atomic mass is 9.91. The minimum absolute atomic E-state index is 0.0299. The Kier molecular flexibility index (Phi) is 3.61. The molecular weight excluding hydrogens is 417 g/mol. The summed E-state index contributed by atoms with van der Waals surface area (Å²) in [6, 6.07) is 8.61. The van der Waals surface area contributed by atoms with Gasteiger partial charge in [0.15, 0.2) is 23.0 Å². The topological polar surface area (TPSA) is 126 Å². The van der Waals surface area contributed by atoms with Gasteiger partial charge < -0.3 is 35.2 Å². The molecule has 9 heteroatoms. The summed E-state index contributed by atoms with van der Waals surface area (Å²) >= 11 is 3.00. The molecule has 0 radical (unpaired) electrons. The van der Waals surface area contributed by atoms with E-state index in [2.05, 4.69) is 15.9 Å². The number of rotatable bonds is 1. The molecular formula is C18H13BBrNO6. The largest absolute Gasteiger partial charge is 0.506 e. The lowest BCUT2D eigenvalue weighted by Crippen LogP contribution is -2.06. The molecule has 0 amide bonds. The quantitative estimate of drug-likeness (QED) is 0.156. The monoisotopic (exact) mass is 429 g/mol. The van der Waals surface area contributed by atoms with Gasteiger partial charge in [-0.15, -0.1) is 0 Å². The highest BCUT2D eigenvalue weighted by Crippen LogP contribution is 2.54. The van der Waals surface area contributed by atoms with Crippen molar-refractivity contribution >= 4 is 51.0 Å². The van der Waals surface area contributed by atoms with Crippen molar-refractivity contribution in [2.24, 2.45) is 0 Å². The molecule has 0 unspecified atom stereocenters. The zero-order valence-electron chi connectivity index (χ0n) is 13.9. The van der Waals surface area contributed by atoms with Gasteiger partial charge in [-0.25, -0.2) is 0 Å². The minimum Gasteiger partial charge on any atom is -0.506 e. The number of phenols is 6. The van der Waals surface area contributed by atoms with Gasteiger partial charge in [0.2, 0.25) is 0 Å². The zero-order valence-corrected chi connectivity index (χ0v) is 15.5. The highest BCUT2D eigenvalue weighted by Gasteiger charge is 2.30. The molecule has 0 atom stereocenters. The first kappa shape index (κ1) is 17.2. The second-order valence-corrected chi connectivity index (χ2v) is 6.94. The van der Waals surface area contributed by atoms with Gasteiger partial charge in [-0.05, 0) is 33.5 Å². The van der Waals surface area contributed by atoms with Gasteiger partial charge in [0.05, 0.1) is 16.3 Å². The number of fused-ring (bicyclic) bond motifs is 3. The van der Waals surface area contributed by atoms with Gasteiger partial charge >= 0.3 is 0 Å². The van der Waals surface area contributed by atoms with Crippen LogP contribution in [0.1, 0.15) is 0 Å². The summed E-state index contributed by atoms with van der Waals surface area (Å²) in [6.07, 6.45) is 0. The fourth-order valence-corrected chi connectivity index (χ4v) is 3.73. The number of aromatic hydroxyl groups is 6. The molecule has 0 spiro atoms. The maximum atomic E-state index is 10.7. The highest BCUT2D eigenvalue weighted by molar-refractivity contribution is 9.10. The van der Waals surface area contributed by atoms with Crippen LogP contribution in [0.5, 0.6) is 34.5 Å².